The van der Waals surface area contributed by atoms with E-state index in [2.05, 4.69) is 5.48 Å². The smallest absolute Gasteiger partial charge is 0.411 e. The minimum Gasteiger partial charge on any atom is -0.444 e. The number of amides is 2. The number of nitrogens with zero attached hydrogens (tertiary/aromatic N) is 2. The van der Waals surface area contributed by atoms with Gasteiger partial charge in [-0.15, -0.1) is 5.06 Å². The molecule has 2 amide bonds. The maximum Gasteiger partial charge on any atom is 0.411 e. The van der Waals surface area contributed by atoms with Gasteiger partial charge in [0.15, 0.2) is 6.23 Å². The van der Waals surface area contributed by atoms with Gasteiger partial charge in [0.05, 0.1) is 12.6 Å². The Bertz CT molecular complexity index is 935. The molecule has 2 aliphatic heterocycles. The Hall–Kier alpha value is -2.69. The van der Waals surface area contributed by atoms with Gasteiger partial charge in [-0.2, -0.15) is 5.48 Å². The first-order valence-corrected chi connectivity index (χ1v) is 12.8. The second kappa shape index (κ2) is 11.1. The molecule has 1 aliphatic carbocycles. The molecule has 1 saturated carbocycles. The highest BCUT2D eigenvalue weighted by Gasteiger charge is 2.51. The first-order chi connectivity index (χ1) is 17.1. The van der Waals surface area contributed by atoms with Crippen molar-refractivity contribution in [2.24, 2.45) is 11.8 Å². The zero-order valence-corrected chi connectivity index (χ0v) is 21.2. The molecule has 1 aromatic carbocycles. The Kier molecular flexibility index (Phi) is 8.17. The first kappa shape index (κ1) is 26.4. The fraction of sp³-hybridized carbons (Fsp3) is 0.654. The van der Waals surface area contributed by atoms with E-state index in [1.165, 1.54) is 4.90 Å². The molecule has 3 unspecified atom stereocenters. The molecule has 1 aromatic rings. The highest BCUT2D eigenvalue weighted by molar-refractivity contribution is 5.85. The van der Waals surface area contributed by atoms with Gasteiger partial charge in [0.2, 0.25) is 0 Å². The van der Waals surface area contributed by atoms with E-state index in [1.54, 1.807) is 20.8 Å². The van der Waals surface area contributed by atoms with Gasteiger partial charge < -0.3 is 14.7 Å². The minimum absolute atomic E-state index is 0.158. The van der Waals surface area contributed by atoms with Gasteiger partial charge >= 0.3 is 12.1 Å². The van der Waals surface area contributed by atoms with Crippen molar-refractivity contribution in [1.29, 1.82) is 0 Å². The van der Waals surface area contributed by atoms with Gasteiger partial charge in [0.1, 0.15) is 11.6 Å². The fourth-order valence-corrected chi connectivity index (χ4v) is 5.20. The number of aliphatic hydroxyl groups excluding tert-OH is 1. The highest BCUT2D eigenvalue weighted by atomic mass is 16.7. The van der Waals surface area contributed by atoms with E-state index in [0.717, 1.165) is 29.9 Å². The van der Waals surface area contributed by atoms with Crippen LogP contribution in [-0.2, 0) is 30.6 Å². The molecule has 36 heavy (non-hydrogen) atoms. The number of hydroxylamine groups is 3. The molecule has 2 heterocycles. The summed E-state index contributed by atoms with van der Waals surface area (Å²) in [7, 11) is 0. The van der Waals surface area contributed by atoms with Crippen molar-refractivity contribution in [2.45, 2.75) is 89.8 Å². The summed E-state index contributed by atoms with van der Waals surface area (Å²) in [5, 5.41) is 11.5. The van der Waals surface area contributed by atoms with Gasteiger partial charge in [0.25, 0.3) is 5.91 Å². The van der Waals surface area contributed by atoms with Crippen LogP contribution in [0, 0.1) is 11.8 Å². The quantitative estimate of drug-likeness (QED) is 0.569. The monoisotopic (exact) mass is 503 g/mol. The van der Waals surface area contributed by atoms with Crippen LogP contribution in [-0.4, -0.2) is 63.5 Å². The summed E-state index contributed by atoms with van der Waals surface area (Å²) in [6.45, 7) is 5.77. The summed E-state index contributed by atoms with van der Waals surface area (Å²) in [5.74, 6) is -1.68. The van der Waals surface area contributed by atoms with Gasteiger partial charge in [-0.25, -0.2) is 9.59 Å². The standard InChI is InChI=1S/C26H37N3O7/c1-26(2,3)35-25(33)28-15-18(27-34-16-17-9-5-4-6-10-17)13-14-21(28)24(32)36-29-22(30)19-11-7-8-12-20(19)23(29)31/h4-6,9-10,18-22,27,30H,7-8,11-16H2,1-3H3/t18-,19?,20?,21+,22?/m1/s1. The number of carbonyl (C=O) groups excluding carboxylic acids is 3. The van der Waals surface area contributed by atoms with E-state index in [-0.39, 0.29) is 36.8 Å². The summed E-state index contributed by atoms with van der Waals surface area (Å²) in [6.07, 6.45) is 2.26. The fourth-order valence-electron chi connectivity index (χ4n) is 5.20. The van der Waals surface area contributed by atoms with Crippen molar-refractivity contribution in [1.82, 2.24) is 15.4 Å². The number of benzene rings is 1. The maximum atomic E-state index is 13.2. The zero-order chi connectivity index (χ0) is 25.9. The van der Waals surface area contributed by atoms with Crippen molar-refractivity contribution in [2.75, 3.05) is 6.54 Å². The van der Waals surface area contributed by atoms with Crippen LogP contribution in [0.25, 0.3) is 0 Å². The molecule has 2 saturated heterocycles. The lowest BCUT2D eigenvalue weighted by molar-refractivity contribution is -0.229. The van der Waals surface area contributed by atoms with Crippen molar-refractivity contribution < 1.29 is 33.9 Å². The Morgan fingerprint density at radius 2 is 1.81 bits per heavy atom. The maximum absolute atomic E-state index is 13.2. The number of piperidine rings is 1. The van der Waals surface area contributed by atoms with Gasteiger partial charge in [0, 0.05) is 18.4 Å². The number of rotatable bonds is 6. The second-order valence-electron chi connectivity index (χ2n) is 10.9. The number of hydrogen-bond acceptors (Lipinski definition) is 8. The number of hydrogen-bond donors (Lipinski definition) is 2. The van der Waals surface area contributed by atoms with Gasteiger partial charge in [-0.3, -0.25) is 14.5 Å². The number of carbonyl (C=O) groups is 3. The molecule has 10 heteroatoms. The summed E-state index contributed by atoms with van der Waals surface area (Å²) in [5.41, 5.74) is 3.24. The molecule has 3 fully saturated rings. The van der Waals surface area contributed by atoms with Crippen molar-refractivity contribution in [3.05, 3.63) is 35.9 Å². The molecule has 3 aliphatic rings. The molecule has 0 radical (unpaired) electrons. The first-order valence-electron chi connectivity index (χ1n) is 12.8. The highest BCUT2D eigenvalue weighted by Crippen LogP contribution is 2.40. The van der Waals surface area contributed by atoms with E-state index in [1.807, 2.05) is 30.3 Å². The van der Waals surface area contributed by atoms with Gasteiger partial charge in [-0.05, 0) is 52.0 Å². The van der Waals surface area contributed by atoms with Crippen molar-refractivity contribution in [3.63, 3.8) is 0 Å². The normalized spacial score (nSPS) is 28.6. The summed E-state index contributed by atoms with van der Waals surface area (Å²) < 4.78 is 5.55. The van der Waals surface area contributed by atoms with E-state index in [4.69, 9.17) is 14.4 Å². The Morgan fingerprint density at radius 3 is 2.50 bits per heavy atom. The SMILES string of the molecule is CC(C)(C)OC(=O)N1C[C@H](NOCc2ccccc2)CC[C@H]1C(=O)ON1C(=O)C2CCCCC2C1O. The third kappa shape index (κ3) is 6.16. The molecular weight excluding hydrogens is 466 g/mol. The van der Waals surface area contributed by atoms with Crippen LogP contribution < -0.4 is 5.48 Å². The summed E-state index contributed by atoms with van der Waals surface area (Å²) >= 11 is 0. The predicted octanol–water partition coefficient (Wildman–Crippen LogP) is 2.90. The summed E-state index contributed by atoms with van der Waals surface area (Å²) in [4.78, 5) is 51.5. The van der Waals surface area contributed by atoms with Crippen LogP contribution in [0.15, 0.2) is 30.3 Å². The minimum atomic E-state index is -1.16. The molecule has 4 rings (SSSR count). The zero-order valence-electron chi connectivity index (χ0n) is 21.2. The Labute approximate surface area is 211 Å². The van der Waals surface area contributed by atoms with Crippen LogP contribution in [0.4, 0.5) is 4.79 Å². The van der Waals surface area contributed by atoms with Crippen molar-refractivity contribution >= 4 is 18.0 Å². The van der Waals surface area contributed by atoms with E-state index >= 15 is 0 Å². The third-order valence-electron chi connectivity index (χ3n) is 6.98. The average molecular weight is 504 g/mol. The number of ether oxygens (including phenoxy) is 1. The lowest BCUT2D eigenvalue weighted by Gasteiger charge is -2.39. The molecule has 5 atom stereocenters. The van der Waals surface area contributed by atoms with Crippen LogP contribution in [0.1, 0.15) is 64.9 Å². The van der Waals surface area contributed by atoms with Crippen LogP contribution in [0.5, 0.6) is 0 Å². The lowest BCUT2D eigenvalue weighted by Crippen LogP contribution is -2.57. The lowest BCUT2D eigenvalue weighted by atomic mass is 9.81. The number of fused-ring (bicyclic) bond motifs is 1. The van der Waals surface area contributed by atoms with Crippen LogP contribution in [0.3, 0.4) is 0 Å². The number of aliphatic hydroxyl groups is 1. The molecule has 2 N–H and O–H groups in total. The van der Waals surface area contributed by atoms with Crippen molar-refractivity contribution in [3.8, 4) is 0 Å². The predicted molar refractivity (Wildman–Crippen MR) is 129 cm³/mol. The molecule has 0 spiro atoms. The van der Waals surface area contributed by atoms with Crippen LogP contribution >= 0.6 is 0 Å². The second-order valence-corrected chi connectivity index (χ2v) is 10.9. The van der Waals surface area contributed by atoms with E-state index < -0.39 is 29.9 Å². The Morgan fingerprint density at radius 1 is 1.08 bits per heavy atom. The number of likely N-dealkylation sites (tertiary alicyclic amines) is 1. The van der Waals surface area contributed by atoms with E-state index in [9.17, 15) is 19.5 Å². The molecule has 198 valence electrons. The van der Waals surface area contributed by atoms with Gasteiger partial charge in [-0.1, -0.05) is 43.2 Å². The molecule has 10 nitrogen and oxygen atoms in total. The number of nitrogens with one attached hydrogen (secondary N) is 1. The van der Waals surface area contributed by atoms with E-state index in [0.29, 0.717) is 19.4 Å². The Balaban J connectivity index is 1.40. The average Bonchev–Trinajstić information content (AvgIpc) is 3.08. The molecule has 0 bridgehead atoms. The summed E-state index contributed by atoms with van der Waals surface area (Å²) in [6, 6.07) is 8.51. The van der Waals surface area contributed by atoms with Crippen LogP contribution in [0.2, 0.25) is 0 Å². The molecular formula is C26H37N3O7. The topological polar surface area (TPSA) is 118 Å². The third-order valence-corrected chi connectivity index (χ3v) is 6.98. The largest absolute Gasteiger partial charge is 0.444 e. The molecule has 0 aromatic heterocycles.